The van der Waals surface area contributed by atoms with Crippen LogP contribution in [-0.2, 0) is 14.3 Å². The average molecular weight is 642 g/mol. The van der Waals surface area contributed by atoms with E-state index in [0.717, 1.165) is 27.3 Å². The van der Waals surface area contributed by atoms with Crippen molar-refractivity contribution in [3.8, 4) is 0 Å². The molecule has 10 heteroatoms. The van der Waals surface area contributed by atoms with Gasteiger partial charge in [-0.15, -0.1) is 17.9 Å². The molecule has 0 saturated carbocycles. The third-order valence-electron chi connectivity index (χ3n) is 7.74. The number of aliphatic hydroxyl groups is 1. The number of ether oxygens (including phenoxy) is 1. The molecule has 1 aliphatic rings. The number of likely N-dealkylation sites (tertiary alicyclic amines) is 1. The molecule has 1 fully saturated rings. The van der Waals surface area contributed by atoms with Crippen molar-refractivity contribution in [2.24, 2.45) is 5.92 Å². The summed E-state index contributed by atoms with van der Waals surface area (Å²) in [4.78, 5) is 54.1. The van der Waals surface area contributed by atoms with Gasteiger partial charge in [-0.3, -0.25) is 19.3 Å². The molecule has 2 N–H and O–H groups in total. The molecule has 230 valence electrons. The number of carboxylic acid groups (broad SMARTS) is 1. The molecule has 0 unspecified atom stereocenters. The van der Waals surface area contributed by atoms with Crippen molar-refractivity contribution in [1.29, 1.82) is 0 Å². The number of aliphatic hydroxyl groups excluding tert-OH is 1. The Balaban J connectivity index is 1.82. The molecule has 2 heterocycles. The van der Waals surface area contributed by atoms with Gasteiger partial charge in [-0.25, -0.2) is 4.79 Å². The van der Waals surface area contributed by atoms with E-state index in [2.05, 4.69) is 6.58 Å². The first-order chi connectivity index (χ1) is 21.7. The Bertz CT molecular complexity index is 1680. The van der Waals surface area contributed by atoms with E-state index >= 15 is 0 Å². The van der Waals surface area contributed by atoms with E-state index in [0.29, 0.717) is 0 Å². The maximum atomic E-state index is 14.1. The number of β-lactam (4-membered cyclic amide) rings is 1. The lowest BCUT2D eigenvalue weighted by Crippen LogP contribution is -2.67. The zero-order valence-corrected chi connectivity index (χ0v) is 26.2. The number of nitrogens with zero attached hydrogens (tertiary/aromatic N) is 1. The predicted molar refractivity (Wildman–Crippen MR) is 177 cm³/mol. The molecule has 0 aliphatic carbocycles. The third kappa shape index (κ3) is 6.07. The lowest BCUT2D eigenvalue weighted by atomic mass is 9.81. The highest BCUT2D eigenvalue weighted by molar-refractivity contribution is 7.95. The van der Waals surface area contributed by atoms with Crippen LogP contribution in [0.3, 0.4) is 0 Å². The minimum atomic E-state index is -3.14. The first kappa shape index (κ1) is 31.9. The summed E-state index contributed by atoms with van der Waals surface area (Å²) >= 11 is 1.00. The number of hydrogen-bond acceptors (Lipinski definition) is 7. The fourth-order valence-corrected chi connectivity index (χ4v) is 10.8. The number of carbonyl (C=O) groups excluding carboxylic acids is 3. The predicted octanol–water partition coefficient (Wildman–Crippen LogP) is 4.43. The first-order valence-corrected chi connectivity index (χ1v) is 17.0. The van der Waals surface area contributed by atoms with Crippen molar-refractivity contribution in [2.75, 3.05) is 0 Å². The van der Waals surface area contributed by atoms with Gasteiger partial charge in [0, 0.05) is 18.7 Å². The second kappa shape index (κ2) is 13.6. The Morgan fingerprint density at radius 2 is 1.47 bits per heavy atom. The summed E-state index contributed by atoms with van der Waals surface area (Å²) in [6.45, 7) is 2.02. The molecule has 4 aromatic rings. The number of benzene rings is 3. The molecule has 0 bridgehead atoms. The monoisotopic (exact) mass is 641 g/mol. The Morgan fingerprint density at radius 1 is 0.956 bits per heavy atom. The zero-order chi connectivity index (χ0) is 32.1. The van der Waals surface area contributed by atoms with Gasteiger partial charge >= 0.3 is 11.9 Å². The largest absolute Gasteiger partial charge is 0.478 e. The van der Waals surface area contributed by atoms with Crippen molar-refractivity contribution in [2.45, 2.75) is 31.9 Å². The number of aromatic carboxylic acids is 1. The summed E-state index contributed by atoms with van der Waals surface area (Å²) < 4.78 is 6.27. The van der Waals surface area contributed by atoms with Crippen LogP contribution < -0.4 is 15.9 Å². The number of carbonyl (C=O) groups is 4. The van der Waals surface area contributed by atoms with Crippen LogP contribution in [0.2, 0.25) is 0 Å². The van der Waals surface area contributed by atoms with Gasteiger partial charge in [0.15, 0.2) is 5.78 Å². The zero-order valence-electron chi connectivity index (χ0n) is 24.5. The van der Waals surface area contributed by atoms with Gasteiger partial charge in [-0.1, -0.05) is 97.1 Å². The van der Waals surface area contributed by atoms with Gasteiger partial charge in [0.25, 0.3) is 0 Å². The van der Waals surface area contributed by atoms with E-state index < -0.39 is 42.8 Å². The van der Waals surface area contributed by atoms with Crippen LogP contribution in [-0.4, -0.2) is 56.5 Å². The smallest absolute Gasteiger partial charge is 0.336 e. The molecule has 5 rings (SSSR count). The van der Waals surface area contributed by atoms with E-state index in [1.807, 2.05) is 91.0 Å². The molecule has 0 spiro atoms. The molecular formula is C35H32NO7PS. The van der Waals surface area contributed by atoms with Crippen molar-refractivity contribution in [3.63, 3.8) is 0 Å². The molecule has 1 aliphatic heterocycles. The fraction of sp³-hybridized carbons (Fsp3) is 0.171. The maximum Gasteiger partial charge on any atom is 0.336 e. The lowest BCUT2D eigenvalue weighted by Gasteiger charge is -2.50. The number of ketones is 1. The molecule has 0 radical (unpaired) electrons. The highest BCUT2D eigenvalue weighted by Crippen LogP contribution is 2.50. The van der Waals surface area contributed by atoms with Crippen LogP contribution >= 0.6 is 18.2 Å². The molecule has 8 nitrogen and oxygen atoms in total. The summed E-state index contributed by atoms with van der Waals surface area (Å²) in [6, 6.07) is 29.0. The van der Waals surface area contributed by atoms with Gasteiger partial charge in [-0.05, 0) is 28.9 Å². The Hall–Kier alpha value is -4.56. The molecular weight excluding hydrogens is 609 g/mol. The molecule has 1 amide bonds. The van der Waals surface area contributed by atoms with Gasteiger partial charge < -0.3 is 14.9 Å². The number of Topliss-reactive ketones (excluding diaryl/α,β-unsaturated/α-hetero) is 1. The molecule has 3 atom stereocenters. The van der Waals surface area contributed by atoms with Gasteiger partial charge in [0.1, 0.15) is 0 Å². The minimum Gasteiger partial charge on any atom is -0.478 e. The van der Waals surface area contributed by atoms with Crippen LogP contribution in [0.4, 0.5) is 0 Å². The van der Waals surface area contributed by atoms with Crippen LogP contribution in [0.1, 0.15) is 39.8 Å². The Labute approximate surface area is 265 Å². The number of esters is 1. The topological polar surface area (TPSA) is 121 Å². The van der Waals surface area contributed by atoms with Gasteiger partial charge in [0.05, 0.1) is 34.9 Å². The van der Waals surface area contributed by atoms with Gasteiger partial charge in [-0.2, -0.15) is 0 Å². The van der Waals surface area contributed by atoms with Crippen LogP contribution in [0.25, 0.3) is 0 Å². The maximum absolute atomic E-state index is 14.1. The standard InChI is InChI=1S/C35H32NO7PS/c1-3-13-31(39)43-35(36-28(32(23(2)37)33(36)40)21-29(38)30-20-24(22-45-30)34(41)42)44(25-14-7-4-8-15-25,26-16-9-5-10-17-26)27-18-11-6-12-19-27/h3-12,14-20,22-23,28,32,37H,1,13,21H2,2H3,(H,41,42)/t23-,28-,32-/m1/s1. The van der Waals surface area contributed by atoms with E-state index in [4.69, 9.17) is 4.74 Å². The Kier molecular flexibility index (Phi) is 9.63. The number of amides is 1. The number of hydrogen-bond donors (Lipinski definition) is 2. The average Bonchev–Trinajstić information content (AvgIpc) is 3.54. The normalized spacial score (nSPS) is 16.8. The van der Waals surface area contributed by atoms with Gasteiger partial charge in [0.2, 0.25) is 11.5 Å². The third-order valence-corrected chi connectivity index (χ3v) is 12.8. The van der Waals surface area contributed by atoms with Crippen LogP contribution in [0.5, 0.6) is 0 Å². The first-order valence-electron chi connectivity index (χ1n) is 14.3. The van der Waals surface area contributed by atoms with E-state index in [-0.39, 0.29) is 34.7 Å². The Morgan fingerprint density at radius 3 is 1.89 bits per heavy atom. The molecule has 45 heavy (non-hydrogen) atoms. The van der Waals surface area contributed by atoms with Crippen LogP contribution in [0, 0.1) is 5.92 Å². The summed E-state index contributed by atoms with van der Waals surface area (Å²) in [5.41, 5.74) is 0.0832. The van der Waals surface area contributed by atoms with Crippen molar-refractivity contribution in [3.05, 3.63) is 126 Å². The second-order valence-electron chi connectivity index (χ2n) is 10.6. The minimum absolute atomic E-state index is 0.00949. The van der Waals surface area contributed by atoms with Crippen LogP contribution in [0.15, 0.2) is 115 Å². The summed E-state index contributed by atoms with van der Waals surface area (Å²) in [5.74, 6) is -3.60. The highest BCUT2D eigenvalue weighted by atomic mass is 32.1. The second-order valence-corrected chi connectivity index (χ2v) is 14.8. The summed E-state index contributed by atoms with van der Waals surface area (Å²) in [6.07, 6.45) is -0.0305. The SMILES string of the molecule is C=CCC(=O)OC(N1C(=O)[C@H]([C@@H](C)O)[C@H]1CC(=O)c1cc(C(=O)O)cs1)=P(c1ccccc1)(c1ccccc1)c1ccccc1. The summed E-state index contributed by atoms with van der Waals surface area (Å²) in [5, 5.41) is 23.9. The molecule has 3 aromatic carbocycles. The van der Waals surface area contributed by atoms with E-state index in [9.17, 15) is 29.4 Å². The van der Waals surface area contributed by atoms with Crippen molar-refractivity contribution < 1.29 is 34.1 Å². The number of carboxylic acids is 1. The van der Waals surface area contributed by atoms with E-state index in [1.165, 1.54) is 29.3 Å². The van der Waals surface area contributed by atoms with E-state index in [1.54, 1.807) is 0 Å². The van der Waals surface area contributed by atoms with Crippen molar-refractivity contribution in [1.82, 2.24) is 4.90 Å². The van der Waals surface area contributed by atoms with Crippen molar-refractivity contribution >= 4 is 63.4 Å². The molecule has 1 saturated heterocycles. The lowest BCUT2D eigenvalue weighted by molar-refractivity contribution is -0.157. The quantitative estimate of drug-likeness (QED) is 0.0772. The number of rotatable bonds is 12. The fourth-order valence-electron chi connectivity index (χ4n) is 5.71. The highest BCUT2D eigenvalue weighted by Gasteiger charge is 2.55. The molecule has 1 aromatic heterocycles. The summed E-state index contributed by atoms with van der Waals surface area (Å²) in [7, 11) is 0. The number of thiophene rings is 1.